The van der Waals surface area contributed by atoms with Crippen LogP contribution >= 0.6 is 0 Å². The highest BCUT2D eigenvalue weighted by atomic mass is 16.6. The zero-order chi connectivity index (χ0) is 30.2. The van der Waals surface area contributed by atoms with Gasteiger partial charge in [-0.25, -0.2) is 0 Å². The lowest BCUT2D eigenvalue weighted by atomic mass is 9.93. The second-order valence-electron chi connectivity index (χ2n) is 11.8. The number of hydrogen-bond acceptors (Lipinski definition) is 10. The van der Waals surface area contributed by atoms with Crippen LogP contribution in [0.4, 0.5) is 0 Å². The second kappa shape index (κ2) is 14.9. The van der Waals surface area contributed by atoms with Crippen molar-refractivity contribution in [3.8, 4) is 0 Å². The van der Waals surface area contributed by atoms with Crippen molar-refractivity contribution in [2.45, 2.75) is 77.7 Å². The number of carbonyl (C=O) groups excluding carboxylic acids is 4. The number of epoxide rings is 1. The third-order valence-corrected chi connectivity index (χ3v) is 7.01. The molecule has 0 bridgehead atoms. The number of nitrogens with zero attached hydrogens (tertiary/aromatic N) is 2. The summed E-state index contributed by atoms with van der Waals surface area (Å²) in [5.74, 6) is -1.13. The fourth-order valence-electron chi connectivity index (χ4n) is 4.63. The molecule has 13 heteroatoms. The molecule has 0 aromatic carbocycles. The Labute approximate surface area is 241 Å². The number of ether oxygens (including phenoxy) is 3. The van der Waals surface area contributed by atoms with Crippen LogP contribution in [0.15, 0.2) is 10.6 Å². The maximum Gasteiger partial charge on any atom is 0.274 e. The van der Waals surface area contributed by atoms with E-state index in [0.717, 1.165) is 13.1 Å². The van der Waals surface area contributed by atoms with E-state index < -0.39 is 41.4 Å². The Morgan fingerprint density at radius 2 is 1.56 bits per heavy atom. The quantitative estimate of drug-likeness (QED) is 0.237. The first-order valence-electron chi connectivity index (χ1n) is 14.3. The smallest absolute Gasteiger partial charge is 0.274 e. The molecule has 3 rings (SSSR count). The van der Waals surface area contributed by atoms with Crippen molar-refractivity contribution >= 4 is 23.5 Å². The largest absolute Gasteiger partial charge is 0.382 e. The third-order valence-electron chi connectivity index (χ3n) is 7.01. The zero-order valence-corrected chi connectivity index (χ0v) is 25.0. The van der Waals surface area contributed by atoms with Crippen LogP contribution in [0.2, 0.25) is 0 Å². The highest BCUT2D eigenvalue weighted by molar-refractivity contribution is 5.99. The summed E-state index contributed by atoms with van der Waals surface area (Å²) in [6.45, 7) is 12.9. The Kier molecular flexibility index (Phi) is 11.8. The first-order valence-corrected chi connectivity index (χ1v) is 14.3. The van der Waals surface area contributed by atoms with E-state index in [-0.39, 0.29) is 29.9 Å². The van der Waals surface area contributed by atoms with Gasteiger partial charge in [0, 0.05) is 26.3 Å². The monoisotopic (exact) mass is 579 g/mol. The Morgan fingerprint density at radius 1 is 0.976 bits per heavy atom. The minimum absolute atomic E-state index is 0.0577. The van der Waals surface area contributed by atoms with Gasteiger partial charge in [-0.2, -0.15) is 0 Å². The average Bonchev–Trinajstić information content (AvgIpc) is 3.49. The van der Waals surface area contributed by atoms with Crippen molar-refractivity contribution < 1.29 is 37.9 Å². The molecule has 230 valence electrons. The molecular formula is C28H45N5O8. The van der Waals surface area contributed by atoms with Gasteiger partial charge < -0.3 is 34.7 Å². The molecule has 2 aliphatic heterocycles. The van der Waals surface area contributed by atoms with Crippen LogP contribution in [0.1, 0.15) is 63.7 Å². The van der Waals surface area contributed by atoms with Crippen LogP contribution in [0.3, 0.4) is 0 Å². The van der Waals surface area contributed by atoms with Gasteiger partial charge in [0.1, 0.15) is 17.7 Å². The van der Waals surface area contributed by atoms with Gasteiger partial charge >= 0.3 is 0 Å². The van der Waals surface area contributed by atoms with Crippen LogP contribution < -0.4 is 16.0 Å². The summed E-state index contributed by atoms with van der Waals surface area (Å²) in [7, 11) is 1.41. The first-order chi connectivity index (χ1) is 19.4. The Morgan fingerprint density at radius 3 is 2.15 bits per heavy atom. The number of Topliss-reactive ketones (excluding diaryl/α,β-unsaturated/α-hetero) is 1. The molecule has 4 unspecified atom stereocenters. The molecule has 2 aliphatic rings. The lowest BCUT2D eigenvalue weighted by Gasteiger charge is -2.26. The highest BCUT2D eigenvalue weighted by Crippen LogP contribution is 2.29. The second-order valence-corrected chi connectivity index (χ2v) is 11.8. The lowest BCUT2D eigenvalue weighted by molar-refractivity contribution is -0.134. The lowest BCUT2D eigenvalue weighted by Crippen LogP contribution is -2.58. The standard InChI is InChI=1S/C28H45N5O8/c1-17(2)11-20(24(34)28(5)16-40-28)29-27(37)23(15-38-6)31-25(35)21(12-18(3)4)30-26(36)22-13-19(41-32-22)14-33-7-9-39-10-8-33/h13,17-18,20-21,23H,7-12,14-16H2,1-6H3,(H,29,37)(H,30,36)(H,31,35). The normalized spacial score (nSPS) is 21.3. The average molecular weight is 580 g/mol. The Hall–Kier alpha value is -2.87. The molecule has 2 saturated heterocycles. The van der Waals surface area contributed by atoms with Crippen molar-refractivity contribution in [3.63, 3.8) is 0 Å². The zero-order valence-electron chi connectivity index (χ0n) is 25.0. The molecule has 0 spiro atoms. The number of nitrogens with one attached hydrogen (secondary N) is 3. The molecule has 2 fully saturated rings. The van der Waals surface area contributed by atoms with E-state index in [0.29, 0.717) is 45.0 Å². The predicted molar refractivity (Wildman–Crippen MR) is 148 cm³/mol. The van der Waals surface area contributed by atoms with E-state index in [1.54, 1.807) is 13.0 Å². The SMILES string of the molecule is COCC(NC(=O)C(CC(C)C)NC(=O)c1cc(CN2CCOCC2)on1)C(=O)NC(CC(C)C)C(=O)C1(C)CO1. The van der Waals surface area contributed by atoms with Crippen LogP contribution in [-0.2, 0) is 35.1 Å². The number of hydrogen-bond donors (Lipinski definition) is 3. The van der Waals surface area contributed by atoms with Gasteiger partial charge in [0.15, 0.2) is 17.2 Å². The number of rotatable bonds is 16. The molecule has 3 N–H and O–H groups in total. The Bertz CT molecular complexity index is 1050. The molecule has 3 amide bonds. The van der Waals surface area contributed by atoms with Gasteiger partial charge in [-0.1, -0.05) is 32.9 Å². The molecule has 0 saturated carbocycles. The number of amides is 3. The summed E-state index contributed by atoms with van der Waals surface area (Å²) < 4.78 is 21.2. The van der Waals surface area contributed by atoms with Crippen molar-refractivity contribution in [2.24, 2.45) is 11.8 Å². The molecule has 0 radical (unpaired) electrons. The van der Waals surface area contributed by atoms with Crippen LogP contribution in [0.5, 0.6) is 0 Å². The summed E-state index contributed by atoms with van der Waals surface area (Å²) in [6.07, 6.45) is 0.746. The molecule has 0 aliphatic carbocycles. The third kappa shape index (κ3) is 9.87. The molecule has 1 aromatic heterocycles. The van der Waals surface area contributed by atoms with Gasteiger partial charge in [0.05, 0.1) is 39.0 Å². The van der Waals surface area contributed by atoms with E-state index in [4.69, 9.17) is 18.7 Å². The fraction of sp³-hybridized carbons (Fsp3) is 0.750. The minimum Gasteiger partial charge on any atom is -0.382 e. The number of carbonyl (C=O) groups is 4. The molecular weight excluding hydrogens is 534 g/mol. The summed E-state index contributed by atoms with van der Waals surface area (Å²) >= 11 is 0. The Balaban J connectivity index is 1.65. The predicted octanol–water partition coefficient (Wildman–Crippen LogP) is 0.671. The summed E-state index contributed by atoms with van der Waals surface area (Å²) in [6, 6.07) is -1.23. The summed E-state index contributed by atoms with van der Waals surface area (Å²) in [5.41, 5.74) is -0.838. The number of morpholine rings is 1. The number of ketones is 1. The van der Waals surface area contributed by atoms with E-state index in [1.165, 1.54) is 7.11 Å². The van der Waals surface area contributed by atoms with Gasteiger partial charge in [-0.3, -0.25) is 24.1 Å². The molecule has 41 heavy (non-hydrogen) atoms. The van der Waals surface area contributed by atoms with E-state index in [9.17, 15) is 19.2 Å². The maximum absolute atomic E-state index is 13.4. The fourth-order valence-corrected chi connectivity index (χ4v) is 4.63. The van der Waals surface area contributed by atoms with Gasteiger partial charge in [0.2, 0.25) is 11.8 Å². The minimum atomic E-state index is -1.08. The van der Waals surface area contributed by atoms with E-state index in [1.807, 2.05) is 27.7 Å². The van der Waals surface area contributed by atoms with Crippen LogP contribution in [0.25, 0.3) is 0 Å². The molecule has 4 atom stereocenters. The molecule has 3 heterocycles. The summed E-state index contributed by atoms with van der Waals surface area (Å²) in [4.78, 5) is 54.7. The van der Waals surface area contributed by atoms with E-state index in [2.05, 4.69) is 26.0 Å². The van der Waals surface area contributed by atoms with Gasteiger partial charge in [-0.05, 0) is 31.6 Å². The van der Waals surface area contributed by atoms with Crippen LogP contribution in [0, 0.1) is 11.8 Å². The number of methoxy groups -OCH3 is 1. The van der Waals surface area contributed by atoms with Gasteiger partial charge in [-0.15, -0.1) is 0 Å². The van der Waals surface area contributed by atoms with Gasteiger partial charge in [0.25, 0.3) is 5.91 Å². The molecule has 1 aromatic rings. The number of aromatic nitrogens is 1. The first kappa shape index (κ1) is 32.6. The highest BCUT2D eigenvalue weighted by Gasteiger charge is 2.50. The van der Waals surface area contributed by atoms with Crippen molar-refractivity contribution in [2.75, 3.05) is 46.6 Å². The van der Waals surface area contributed by atoms with E-state index >= 15 is 0 Å². The van der Waals surface area contributed by atoms with Crippen molar-refractivity contribution in [3.05, 3.63) is 17.5 Å². The topological polar surface area (TPSA) is 165 Å². The van der Waals surface area contributed by atoms with Crippen LogP contribution in [-0.4, -0.2) is 104 Å². The van der Waals surface area contributed by atoms with Crippen molar-refractivity contribution in [1.82, 2.24) is 26.0 Å². The van der Waals surface area contributed by atoms with Crippen molar-refractivity contribution in [1.29, 1.82) is 0 Å². The molecule has 13 nitrogen and oxygen atoms in total. The maximum atomic E-state index is 13.4. The summed E-state index contributed by atoms with van der Waals surface area (Å²) in [5, 5.41) is 12.1.